The number of ether oxygens (including phenoxy) is 2. The third-order valence-corrected chi connectivity index (χ3v) is 3.51. The number of sulfone groups is 1. The van der Waals surface area contributed by atoms with Gasteiger partial charge in [-0.15, -0.1) is 0 Å². The van der Waals surface area contributed by atoms with E-state index in [1.807, 2.05) is 0 Å². The van der Waals surface area contributed by atoms with Crippen LogP contribution in [0.15, 0.2) is 0 Å². The molecule has 0 rings (SSSR count). The average Bonchev–Trinajstić information content (AvgIpc) is 2.08. The highest BCUT2D eigenvalue weighted by Crippen LogP contribution is 1.94. The second-order valence-electron chi connectivity index (χ2n) is 3.55. The molecule has 0 spiro atoms. The van der Waals surface area contributed by atoms with Crippen LogP contribution in [0.4, 0.5) is 0 Å². The van der Waals surface area contributed by atoms with Crippen LogP contribution in [0, 0.1) is 0 Å². The lowest BCUT2D eigenvalue weighted by Gasteiger charge is -2.07. The lowest BCUT2D eigenvalue weighted by atomic mass is 10.4. The molecule has 0 aromatic heterocycles. The van der Waals surface area contributed by atoms with Crippen LogP contribution in [0.5, 0.6) is 0 Å². The Hall–Kier alpha value is -0.170. The second-order valence-corrected chi connectivity index (χ2v) is 5.78. The Balaban J connectivity index is 3.50. The first-order valence-electron chi connectivity index (χ1n) is 5.00. The predicted molar refractivity (Wildman–Crippen MR) is 59.6 cm³/mol. The summed E-state index contributed by atoms with van der Waals surface area (Å²) < 4.78 is 32.7. The SMILES string of the molecule is COCCCOCCS(=O)(=O)CC(C)N. The van der Waals surface area contributed by atoms with Crippen molar-refractivity contribution in [2.75, 3.05) is 38.4 Å². The zero-order valence-corrected chi connectivity index (χ0v) is 10.3. The minimum absolute atomic E-state index is 0.0223. The van der Waals surface area contributed by atoms with Crippen molar-refractivity contribution in [3.63, 3.8) is 0 Å². The van der Waals surface area contributed by atoms with Crippen LogP contribution in [-0.4, -0.2) is 52.9 Å². The van der Waals surface area contributed by atoms with E-state index in [4.69, 9.17) is 15.2 Å². The molecule has 0 fully saturated rings. The van der Waals surface area contributed by atoms with Crippen LogP contribution in [0.1, 0.15) is 13.3 Å². The van der Waals surface area contributed by atoms with Crippen molar-refractivity contribution >= 4 is 9.84 Å². The Morgan fingerprint density at radius 3 is 2.47 bits per heavy atom. The largest absolute Gasteiger partial charge is 0.385 e. The minimum atomic E-state index is -3.05. The first-order chi connectivity index (χ1) is 6.98. The lowest BCUT2D eigenvalue weighted by Crippen LogP contribution is -2.29. The molecule has 2 N–H and O–H groups in total. The van der Waals surface area contributed by atoms with Gasteiger partial charge in [-0.25, -0.2) is 8.42 Å². The molecule has 6 heteroatoms. The van der Waals surface area contributed by atoms with Gasteiger partial charge < -0.3 is 15.2 Å². The first kappa shape index (κ1) is 14.8. The van der Waals surface area contributed by atoms with Crippen LogP contribution in [0.25, 0.3) is 0 Å². The van der Waals surface area contributed by atoms with Gasteiger partial charge in [0.2, 0.25) is 0 Å². The highest BCUT2D eigenvalue weighted by Gasteiger charge is 2.12. The van der Waals surface area contributed by atoms with E-state index in [0.29, 0.717) is 13.2 Å². The van der Waals surface area contributed by atoms with Gasteiger partial charge in [-0.05, 0) is 13.3 Å². The monoisotopic (exact) mass is 239 g/mol. The number of hydrogen-bond donors (Lipinski definition) is 1. The predicted octanol–water partition coefficient (Wildman–Crippen LogP) is -0.198. The zero-order chi connectivity index (χ0) is 11.7. The van der Waals surface area contributed by atoms with Crippen LogP contribution in [0.2, 0.25) is 0 Å². The standard InChI is InChI=1S/C9H21NO4S/c1-9(10)8-15(11,12)7-6-14-5-3-4-13-2/h9H,3-8,10H2,1-2H3. The van der Waals surface area contributed by atoms with Crippen LogP contribution in [-0.2, 0) is 19.3 Å². The van der Waals surface area contributed by atoms with Gasteiger partial charge in [-0.1, -0.05) is 0 Å². The van der Waals surface area contributed by atoms with Crippen molar-refractivity contribution in [2.45, 2.75) is 19.4 Å². The Morgan fingerprint density at radius 2 is 1.93 bits per heavy atom. The molecule has 0 radical (unpaired) electrons. The van der Waals surface area contributed by atoms with E-state index in [-0.39, 0.29) is 24.2 Å². The van der Waals surface area contributed by atoms with Gasteiger partial charge in [-0.2, -0.15) is 0 Å². The Morgan fingerprint density at radius 1 is 1.27 bits per heavy atom. The second kappa shape index (κ2) is 8.04. The molecule has 15 heavy (non-hydrogen) atoms. The fourth-order valence-corrected chi connectivity index (χ4v) is 2.42. The summed E-state index contributed by atoms with van der Waals surface area (Å²) in [6.07, 6.45) is 0.782. The summed E-state index contributed by atoms with van der Waals surface area (Å²) >= 11 is 0. The molecular weight excluding hydrogens is 218 g/mol. The van der Waals surface area contributed by atoms with Gasteiger partial charge in [0.25, 0.3) is 0 Å². The molecule has 0 aromatic carbocycles. The van der Waals surface area contributed by atoms with Crippen molar-refractivity contribution in [3.8, 4) is 0 Å². The highest BCUT2D eigenvalue weighted by atomic mass is 32.2. The summed E-state index contributed by atoms with van der Waals surface area (Å²) in [5.74, 6) is 0.0654. The minimum Gasteiger partial charge on any atom is -0.385 e. The fraction of sp³-hybridized carbons (Fsp3) is 1.00. The van der Waals surface area contributed by atoms with Gasteiger partial charge in [-0.3, -0.25) is 0 Å². The molecule has 0 amide bonds. The van der Waals surface area contributed by atoms with Gasteiger partial charge in [0.1, 0.15) is 0 Å². The smallest absolute Gasteiger partial charge is 0.154 e. The normalized spacial score (nSPS) is 14.1. The molecular formula is C9H21NO4S. The highest BCUT2D eigenvalue weighted by molar-refractivity contribution is 7.91. The molecule has 0 saturated carbocycles. The maximum atomic E-state index is 11.3. The first-order valence-corrected chi connectivity index (χ1v) is 6.83. The molecule has 1 atom stereocenters. The maximum Gasteiger partial charge on any atom is 0.154 e. The van der Waals surface area contributed by atoms with E-state index in [2.05, 4.69) is 0 Å². The quantitative estimate of drug-likeness (QED) is 0.564. The third-order valence-electron chi connectivity index (χ3n) is 1.69. The molecule has 0 bridgehead atoms. The van der Waals surface area contributed by atoms with Crippen LogP contribution in [0.3, 0.4) is 0 Å². The van der Waals surface area contributed by atoms with E-state index in [0.717, 1.165) is 6.42 Å². The summed E-state index contributed by atoms with van der Waals surface area (Å²) in [7, 11) is -1.44. The molecule has 0 aliphatic carbocycles. The zero-order valence-electron chi connectivity index (χ0n) is 9.44. The van der Waals surface area contributed by atoms with Crippen molar-refractivity contribution in [1.29, 1.82) is 0 Å². The molecule has 5 nitrogen and oxygen atoms in total. The summed E-state index contributed by atoms with van der Waals surface area (Å²) in [4.78, 5) is 0. The lowest BCUT2D eigenvalue weighted by molar-refractivity contribution is 0.112. The third kappa shape index (κ3) is 10.1. The van der Waals surface area contributed by atoms with Crippen LogP contribution < -0.4 is 5.73 Å². The summed E-state index contributed by atoms with van der Waals surface area (Å²) in [6, 6.07) is -0.316. The fourth-order valence-electron chi connectivity index (χ4n) is 1.08. The molecule has 0 heterocycles. The molecule has 0 aromatic rings. The molecule has 0 saturated heterocycles. The Bertz CT molecular complexity index is 238. The van der Waals surface area contributed by atoms with Crippen molar-refractivity contribution in [2.24, 2.45) is 5.73 Å². The van der Waals surface area contributed by atoms with Gasteiger partial charge >= 0.3 is 0 Å². The van der Waals surface area contributed by atoms with E-state index in [1.54, 1.807) is 14.0 Å². The maximum absolute atomic E-state index is 11.3. The Kier molecular flexibility index (Phi) is 7.95. The molecule has 92 valence electrons. The Labute approximate surface area is 91.9 Å². The van der Waals surface area contributed by atoms with Gasteiger partial charge in [0.05, 0.1) is 18.1 Å². The van der Waals surface area contributed by atoms with E-state index >= 15 is 0 Å². The van der Waals surface area contributed by atoms with E-state index in [1.165, 1.54) is 0 Å². The molecule has 0 aliphatic rings. The van der Waals surface area contributed by atoms with Crippen molar-refractivity contribution in [1.82, 2.24) is 0 Å². The molecule has 0 aliphatic heterocycles. The van der Waals surface area contributed by atoms with Gasteiger partial charge in [0, 0.05) is 26.4 Å². The van der Waals surface area contributed by atoms with Crippen LogP contribution >= 0.6 is 0 Å². The van der Waals surface area contributed by atoms with Gasteiger partial charge in [0.15, 0.2) is 9.84 Å². The van der Waals surface area contributed by atoms with Crippen molar-refractivity contribution < 1.29 is 17.9 Å². The summed E-state index contributed by atoms with van der Waals surface area (Å²) in [5.41, 5.74) is 5.41. The average molecular weight is 239 g/mol. The summed E-state index contributed by atoms with van der Waals surface area (Å²) in [6.45, 7) is 3.07. The van der Waals surface area contributed by atoms with E-state index < -0.39 is 9.84 Å². The van der Waals surface area contributed by atoms with E-state index in [9.17, 15) is 8.42 Å². The number of methoxy groups -OCH3 is 1. The summed E-state index contributed by atoms with van der Waals surface area (Å²) in [5, 5.41) is 0. The topological polar surface area (TPSA) is 78.6 Å². The number of nitrogens with two attached hydrogens (primary N) is 1. The number of hydrogen-bond acceptors (Lipinski definition) is 5. The molecule has 1 unspecified atom stereocenters. The van der Waals surface area contributed by atoms with Crippen molar-refractivity contribution in [3.05, 3.63) is 0 Å². The number of rotatable bonds is 9.